The molecule has 0 radical (unpaired) electrons. The molecule has 0 bridgehead atoms. The highest BCUT2D eigenvalue weighted by atomic mass is 16.3. The lowest BCUT2D eigenvalue weighted by Gasteiger charge is -2.19. The molecule has 0 atom stereocenters. The molecule has 2 aromatic rings. The Labute approximate surface area is 127 Å². The minimum Gasteiger partial charge on any atom is -0.463 e. The Morgan fingerprint density at radius 2 is 1.90 bits per heavy atom. The summed E-state index contributed by atoms with van der Waals surface area (Å²) in [6.45, 7) is 8.87. The first-order valence-electron chi connectivity index (χ1n) is 7.32. The Hall–Kier alpha value is -1.65. The van der Waals surface area contributed by atoms with Gasteiger partial charge >= 0.3 is 0 Å². The van der Waals surface area contributed by atoms with Gasteiger partial charge in [0.25, 0.3) is 0 Å². The van der Waals surface area contributed by atoms with Gasteiger partial charge in [-0.25, -0.2) is 0 Å². The molecule has 4 heteroatoms. The summed E-state index contributed by atoms with van der Waals surface area (Å²) in [5, 5.41) is 3.43. The van der Waals surface area contributed by atoms with E-state index in [9.17, 15) is 0 Å². The largest absolute Gasteiger partial charge is 0.463 e. The van der Waals surface area contributed by atoms with Crippen LogP contribution >= 0.6 is 0 Å². The number of hydrogen-bond donors (Lipinski definition) is 1. The van der Waals surface area contributed by atoms with Crippen LogP contribution in [0.4, 0.5) is 0 Å². The Morgan fingerprint density at radius 1 is 1.14 bits per heavy atom. The molecule has 0 fully saturated rings. The van der Waals surface area contributed by atoms with Gasteiger partial charge in [0.2, 0.25) is 0 Å². The summed E-state index contributed by atoms with van der Waals surface area (Å²) in [4.78, 5) is 6.36. The van der Waals surface area contributed by atoms with Crippen molar-refractivity contribution < 1.29 is 4.42 Å². The van der Waals surface area contributed by atoms with Crippen LogP contribution in [0, 0.1) is 0 Å². The first-order chi connectivity index (χ1) is 9.92. The second-order valence-electron chi connectivity index (χ2n) is 6.51. The van der Waals surface area contributed by atoms with Crippen molar-refractivity contribution in [2.75, 3.05) is 7.05 Å². The number of pyridine rings is 1. The minimum atomic E-state index is 0.101. The van der Waals surface area contributed by atoms with E-state index in [0.29, 0.717) is 0 Å². The maximum absolute atomic E-state index is 5.87. The summed E-state index contributed by atoms with van der Waals surface area (Å²) in [6.07, 6.45) is 3.70. The Bertz CT molecular complexity index is 543. The lowest BCUT2D eigenvalue weighted by atomic mass is 10.1. The van der Waals surface area contributed by atoms with Crippen LogP contribution in [0.3, 0.4) is 0 Å². The first-order valence-corrected chi connectivity index (χ1v) is 7.32. The molecule has 2 aromatic heterocycles. The van der Waals surface area contributed by atoms with E-state index < -0.39 is 0 Å². The van der Waals surface area contributed by atoms with Crippen molar-refractivity contribution in [2.24, 2.45) is 0 Å². The van der Waals surface area contributed by atoms with Crippen LogP contribution in [-0.2, 0) is 19.6 Å². The Balaban J connectivity index is 1.84. The van der Waals surface area contributed by atoms with E-state index in [4.69, 9.17) is 4.42 Å². The molecule has 0 saturated heterocycles. The van der Waals surface area contributed by atoms with Crippen molar-refractivity contribution in [1.82, 2.24) is 15.2 Å². The number of nitrogens with one attached hydrogen (secondary N) is 1. The van der Waals surface area contributed by atoms with Gasteiger partial charge in [-0.1, -0.05) is 6.07 Å². The summed E-state index contributed by atoms with van der Waals surface area (Å²) in [5.74, 6) is 1.97. The number of nitrogens with zero attached hydrogens (tertiary/aromatic N) is 2. The molecule has 0 aliphatic carbocycles. The molecule has 0 saturated carbocycles. The van der Waals surface area contributed by atoms with Gasteiger partial charge in [0, 0.05) is 24.5 Å². The zero-order valence-electron chi connectivity index (χ0n) is 13.4. The average Bonchev–Trinajstić information content (AvgIpc) is 2.84. The van der Waals surface area contributed by atoms with Gasteiger partial charge in [-0.05, 0) is 51.6 Å². The average molecular weight is 287 g/mol. The SMILES string of the molecule is CN(Cc1cccnc1)Cc1ccc(CNC(C)(C)C)o1. The van der Waals surface area contributed by atoms with E-state index in [1.807, 2.05) is 18.3 Å². The quantitative estimate of drug-likeness (QED) is 0.886. The van der Waals surface area contributed by atoms with E-state index in [1.165, 1.54) is 5.56 Å². The molecule has 2 heterocycles. The zero-order chi connectivity index (χ0) is 15.3. The van der Waals surface area contributed by atoms with E-state index in [-0.39, 0.29) is 5.54 Å². The molecular formula is C17H25N3O. The van der Waals surface area contributed by atoms with Gasteiger partial charge in [0.05, 0.1) is 13.1 Å². The van der Waals surface area contributed by atoms with Gasteiger partial charge in [-0.15, -0.1) is 0 Å². The Morgan fingerprint density at radius 3 is 2.57 bits per heavy atom. The molecular weight excluding hydrogens is 262 g/mol. The number of rotatable bonds is 6. The molecule has 0 amide bonds. The number of furan rings is 1. The third-order valence-corrected chi connectivity index (χ3v) is 3.11. The second kappa shape index (κ2) is 6.87. The summed E-state index contributed by atoms with van der Waals surface area (Å²) in [6, 6.07) is 8.15. The fraction of sp³-hybridized carbons (Fsp3) is 0.471. The molecule has 0 aromatic carbocycles. The van der Waals surface area contributed by atoms with E-state index in [2.05, 4.69) is 55.2 Å². The second-order valence-corrected chi connectivity index (χ2v) is 6.51. The van der Waals surface area contributed by atoms with Crippen molar-refractivity contribution >= 4 is 0 Å². The topological polar surface area (TPSA) is 41.3 Å². The van der Waals surface area contributed by atoms with Crippen LogP contribution in [0.1, 0.15) is 37.9 Å². The van der Waals surface area contributed by atoms with Crippen molar-refractivity contribution in [1.29, 1.82) is 0 Å². The summed E-state index contributed by atoms with van der Waals surface area (Å²) in [7, 11) is 2.09. The molecule has 4 nitrogen and oxygen atoms in total. The van der Waals surface area contributed by atoms with Crippen molar-refractivity contribution in [3.63, 3.8) is 0 Å². The molecule has 0 spiro atoms. The monoisotopic (exact) mass is 287 g/mol. The highest BCUT2D eigenvalue weighted by Gasteiger charge is 2.11. The Kier molecular flexibility index (Phi) is 5.15. The van der Waals surface area contributed by atoms with E-state index in [1.54, 1.807) is 6.20 Å². The highest BCUT2D eigenvalue weighted by molar-refractivity contribution is 5.10. The van der Waals surface area contributed by atoms with Crippen LogP contribution in [0.25, 0.3) is 0 Å². The van der Waals surface area contributed by atoms with Gasteiger partial charge in [-0.3, -0.25) is 9.88 Å². The van der Waals surface area contributed by atoms with Crippen LogP contribution in [-0.4, -0.2) is 22.5 Å². The summed E-state index contributed by atoms with van der Waals surface area (Å²) >= 11 is 0. The van der Waals surface area contributed by atoms with Crippen LogP contribution in [0.15, 0.2) is 41.1 Å². The van der Waals surface area contributed by atoms with Crippen LogP contribution in [0.5, 0.6) is 0 Å². The number of hydrogen-bond acceptors (Lipinski definition) is 4. The molecule has 0 aliphatic rings. The lowest BCUT2D eigenvalue weighted by Crippen LogP contribution is -2.34. The highest BCUT2D eigenvalue weighted by Crippen LogP contribution is 2.12. The first kappa shape index (κ1) is 15.7. The summed E-state index contributed by atoms with van der Waals surface area (Å²) in [5.41, 5.74) is 1.31. The zero-order valence-corrected chi connectivity index (χ0v) is 13.4. The third kappa shape index (κ3) is 5.69. The smallest absolute Gasteiger partial charge is 0.118 e. The van der Waals surface area contributed by atoms with Crippen molar-refractivity contribution in [3.05, 3.63) is 53.7 Å². The molecule has 114 valence electrons. The van der Waals surface area contributed by atoms with Crippen molar-refractivity contribution in [2.45, 2.75) is 45.9 Å². The van der Waals surface area contributed by atoms with Gasteiger partial charge in [0.15, 0.2) is 0 Å². The van der Waals surface area contributed by atoms with Crippen molar-refractivity contribution in [3.8, 4) is 0 Å². The molecule has 2 rings (SSSR count). The predicted octanol–water partition coefficient (Wildman–Crippen LogP) is 3.19. The molecule has 0 unspecified atom stereocenters. The van der Waals surface area contributed by atoms with Gasteiger partial charge in [-0.2, -0.15) is 0 Å². The minimum absolute atomic E-state index is 0.101. The van der Waals surface area contributed by atoms with E-state index in [0.717, 1.165) is 31.2 Å². The summed E-state index contributed by atoms with van der Waals surface area (Å²) < 4.78 is 5.87. The maximum Gasteiger partial charge on any atom is 0.118 e. The van der Waals surface area contributed by atoms with Crippen LogP contribution < -0.4 is 5.32 Å². The van der Waals surface area contributed by atoms with Gasteiger partial charge in [0.1, 0.15) is 11.5 Å². The van der Waals surface area contributed by atoms with E-state index >= 15 is 0 Å². The molecule has 0 aliphatic heterocycles. The predicted molar refractivity (Wildman–Crippen MR) is 84.7 cm³/mol. The molecule has 1 N–H and O–H groups in total. The third-order valence-electron chi connectivity index (χ3n) is 3.11. The van der Waals surface area contributed by atoms with Crippen LogP contribution in [0.2, 0.25) is 0 Å². The fourth-order valence-corrected chi connectivity index (χ4v) is 2.08. The molecule has 21 heavy (non-hydrogen) atoms. The normalized spacial score (nSPS) is 12.0. The standard InChI is InChI=1S/C17H25N3O/c1-17(2,3)19-11-15-7-8-16(21-15)13-20(4)12-14-6-5-9-18-10-14/h5-10,19H,11-13H2,1-4H3. The van der Waals surface area contributed by atoms with Gasteiger partial charge < -0.3 is 9.73 Å². The number of aromatic nitrogens is 1. The fourth-order valence-electron chi connectivity index (χ4n) is 2.08. The maximum atomic E-state index is 5.87. The lowest BCUT2D eigenvalue weighted by molar-refractivity contribution is 0.280.